The molecule has 2 fully saturated rings. The lowest BCUT2D eigenvalue weighted by Gasteiger charge is -2.44. The number of anilines is 1. The summed E-state index contributed by atoms with van der Waals surface area (Å²) in [6.45, 7) is 2.22. The number of benzene rings is 1. The summed E-state index contributed by atoms with van der Waals surface area (Å²) in [5.74, 6) is -2.46. The number of hydrogen-bond acceptors (Lipinski definition) is 6. The highest BCUT2D eigenvalue weighted by molar-refractivity contribution is 7.91. The lowest BCUT2D eigenvalue weighted by atomic mass is 10.0. The van der Waals surface area contributed by atoms with Crippen molar-refractivity contribution in [2.45, 2.75) is 29.0 Å². The Labute approximate surface area is 179 Å². The number of piperazine rings is 1. The number of phenolic OH excluding ortho intramolecular Hbond substituents is 1. The van der Waals surface area contributed by atoms with Crippen LogP contribution >= 0.6 is 11.3 Å². The van der Waals surface area contributed by atoms with E-state index in [1.54, 1.807) is 41.8 Å². The molecular weight excluding hydrogens is 432 g/mol. The summed E-state index contributed by atoms with van der Waals surface area (Å²) in [6, 6.07) is 9.95. The van der Waals surface area contributed by atoms with Crippen molar-refractivity contribution in [1.82, 2.24) is 9.21 Å². The topological polar surface area (TPSA) is 64.1 Å². The fourth-order valence-corrected chi connectivity index (χ4v) is 6.70. The van der Waals surface area contributed by atoms with E-state index in [9.17, 15) is 22.3 Å². The molecule has 2 aliphatic rings. The maximum atomic E-state index is 13.6. The summed E-state index contributed by atoms with van der Waals surface area (Å²) >= 11 is 1.19. The lowest BCUT2D eigenvalue weighted by molar-refractivity contribution is -0.0562. The van der Waals surface area contributed by atoms with Crippen molar-refractivity contribution >= 4 is 27.0 Å². The van der Waals surface area contributed by atoms with Crippen LogP contribution in [0.2, 0.25) is 0 Å². The first-order valence-corrected chi connectivity index (χ1v) is 12.3. The van der Waals surface area contributed by atoms with Gasteiger partial charge in [-0.25, -0.2) is 17.2 Å². The predicted octanol–water partition coefficient (Wildman–Crippen LogP) is 3.06. The second-order valence-corrected chi connectivity index (χ2v) is 10.9. The monoisotopic (exact) mass is 457 g/mol. The van der Waals surface area contributed by atoms with E-state index in [-0.39, 0.29) is 31.2 Å². The van der Waals surface area contributed by atoms with Crippen LogP contribution in [0.15, 0.2) is 46.0 Å². The van der Waals surface area contributed by atoms with Crippen molar-refractivity contribution < 1.29 is 22.3 Å². The van der Waals surface area contributed by atoms with Gasteiger partial charge >= 0.3 is 0 Å². The molecule has 0 aliphatic carbocycles. The van der Waals surface area contributed by atoms with Gasteiger partial charge in [0, 0.05) is 57.8 Å². The predicted molar refractivity (Wildman–Crippen MR) is 113 cm³/mol. The minimum Gasteiger partial charge on any atom is -0.508 e. The van der Waals surface area contributed by atoms with Crippen LogP contribution in [0.5, 0.6) is 5.75 Å². The number of phenols is 1. The molecule has 30 heavy (non-hydrogen) atoms. The number of alkyl halides is 2. The zero-order valence-electron chi connectivity index (χ0n) is 16.5. The minimum atomic E-state index is -3.58. The number of piperidine rings is 1. The Hall–Kier alpha value is -1.75. The molecule has 10 heteroatoms. The number of aromatic hydroxyl groups is 1. The number of halogens is 2. The Bertz CT molecular complexity index is 942. The minimum absolute atomic E-state index is 0.160. The first kappa shape index (κ1) is 21.5. The number of thiophene rings is 1. The second-order valence-electron chi connectivity index (χ2n) is 7.82. The van der Waals surface area contributed by atoms with Crippen LogP contribution in [0.4, 0.5) is 14.5 Å². The number of hydrogen-bond donors (Lipinski definition) is 1. The standard InChI is InChI=1S/C20H25F2N3O3S2/c21-20(22)7-9-23(10-8-20)14-17-15-24(30(27,28)19-2-1-13-29-19)11-12-25(17)16-3-5-18(26)6-4-16/h1-6,13,17,26H,7-12,14-15H2/t17-/m0/s1. The highest BCUT2D eigenvalue weighted by atomic mass is 32.2. The summed E-state index contributed by atoms with van der Waals surface area (Å²) in [4.78, 5) is 4.11. The Morgan fingerprint density at radius 3 is 2.40 bits per heavy atom. The molecule has 6 nitrogen and oxygen atoms in total. The van der Waals surface area contributed by atoms with E-state index >= 15 is 0 Å². The zero-order chi connectivity index (χ0) is 21.4. The van der Waals surface area contributed by atoms with Crippen molar-refractivity contribution in [2.75, 3.05) is 44.2 Å². The van der Waals surface area contributed by atoms with Crippen molar-refractivity contribution in [1.29, 1.82) is 0 Å². The third kappa shape index (κ3) is 4.61. The van der Waals surface area contributed by atoms with Crippen LogP contribution in [0.3, 0.4) is 0 Å². The van der Waals surface area contributed by atoms with Gasteiger partial charge in [-0.15, -0.1) is 11.3 Å². The van der Waals surface area contributed by atoms with E-state index < -0.39 is 15.9 Å². The molecule has 1 atom stereocenters. The summed E-state index contributed by atoms with van der Waals surface area (Å²) in [7, 11) is -3.58. The van der Waals surface area contributed by atoms with Crippen molar-refractivity contribution in [3.05, 3.63) is 41.8 Å². The first-order chi connectivity index (χ1) is 14.2. The molecule has 0 unspecified atom stereocenters. The van der Waals surface area contributed by atoms with E-state index in [0.717, 1.165) is 5.69 Å². The molecule has 0 amide bonds. The molecule has 0 saturated carbocycles. The normalized spacial score (nSPS) is 23.5. The van der Waals surface area contributed by atoms with E-state index in [1.807, 2.05) is 4.90 Å². The second kappa shape index (κ2) is 8.41. The zero-order valence-corrected chi connectivity index (χ0v) is 18.1. The maximum absolute atomic E-state index is 13.6. The maximum Gasteiger partial charge on any atom is 0.252 e. The van der Waals surface area contributed by atoms with Gasteiger partial charge in [-0.3, -0.25) is 0 Å². The number of sulfonamides is 1. The molecule has 0 bridgehead atoms. The van der Waals surface area contributed by atoms with Crippen LogP contribution in [-0.2, 0) is 10.0 Å². The highest BCUT2D eigenvalue weighted by Crippen LogP contribution is 2.31. The summed E-state index contributed by atoms with van der Waals surface area (Å²) in [6.07, 6.45) is -0.341. The molecule has 0 spiro atoms. The van der Waals surface area contributed by atoms with Crippen molar-refractivity contribution in [2.24, 2.45) is 0 Å². The van der Waals surface area contributed by atoms with Crippen molar-refractivity contribution in [3.63, 3.8) is 0 Å². The molecular formula is C20H25F2N3O3S2. The Kier molecular flexibility index (Phi) is 6.02. The molecule has 1 aromatic carbocycles. The highest BCUT2D eigenvalue weighted by Gasteiger charge is 2.38. The largest absolute Gasteiger partial charge is 0.508 e. The van der Waals surface area contributed by atoms with Crippen molar-refractivity contribution in [3.8, 4) is 5.75 Å². The SMILES string of the molecule is O=S(=O)(c1cccs1)N1CCN(c2ccc(O)cc2)[C@@H](CN2CCC(F)(F)CC2)C1. The number of likely N-dealkylation sites (tertiary alicyclic amines) is 1. The Balaban J connectivity index is 1.55. The summed E-state index contributed by atoms with van der Waals surface area (Å²) in [5, 5.41) is 11.3. The van der Waals surface area contributed by atoms with Gasteiger partial charge in [0.05, 0.1) is 6.04 Å². The Morgan fingerprint density at radius 2 is 1.77 bits per heavy atom. The average molecular weight is 458 g/mol. The molecule has 2 aromatic rings. The molecule has 1 aromatic heterocycles. The molecule has 4 rings (SSSR count). The van der Waals surface area contributed by atoms with E-state index in [1.165, 1.54) is 15.6 Å². The molecule has 0 radical (unpaired) electrons. The van der Waals surface area contributed by atoms with Gasteiger partial charge in [-0.05, 0) is 35.7 Å². The van der Waals surface area contributed by atoms with Crippen LogP contribution in [0.25, 0.3) is 0 Å². The van der Waals surface area contributed by atoms with E-state index in [4.69, 9.17) is 0 Å². The van der Waals surface area contributed by atoms with Gasteiger partial charge in [0.15, 0.2) is 0 Å². The third-order valence-corrected chi connectivity index (χ3v) is 9.01. The summed E-state index contributed by atoms with van der Waals surface area (Å²) < 4.78 is 55.0. The number of rotatable bonds is 5. The van der Waals surface area contributed by atoms with Gasteiger partial charge in [-0.1, -0.05) is 6.07 Å². The molecule has 2 aliphatic heterocycles. The van der Waals surface area contributed by atoms with Crippen LogP contribution < -0.4 is 4.90 Å². The van der Waals surface area contributed by atoms with E-state index in [2.05, 4.69) is 4.90 Å². The first-order valence-electron chi connectivity index (χ1n) is 9.94. The van der Waals surface area contributed by atoms with E-state index in [0.29, 0.717) is 36.9 Å². The van der Waals surface area contributed by atoms with Gasteiger partial charge in [0.2, 0.25) is 0 Å². The van der Waals surface area contributed by atoms with Crippen LogP contribution in [0.1, 0.15) is 12.8 Å². The fraction of sp³-hybridized carbons (Fsp3) is 0.500. The quantitative estimate of drug-likeness (QED) is 0.748. The van der Waals surface area contributed by atoms with Gasteiger partial charge < -0.3 is 14.9 Å². The smallest absolute Gasteiger partial charge is 0.252 e. The van der Waals surface area contributed by atoms with Crippen LogP contribution in [-0.4, -0.2) is 74.0 Å². The van der Waals surface area contributed by atoms with Gasteiger partial charge in [0.25, 0.3) is 15.9 Å². The average Bonchev–Trinajstić information content (AvgIpc) is 3.26. The van der Waals surface area contributed by atoms with Gasteiger partial charge in [0.1, 0.15) is 9.96 Å². The molecule has 3 heterocycles. The van der Waals surface area contributed by atoms with Crippen LogP contribution in [0, 0.1) is 0 Å². The lowest BCUT2D eigenvalue weighted by Crippen LogP contribution is -2.59. The molecule has 164 valence electrons. The number of nitrogens with zero attached hydrogens (tertiary/aromatic N) is 3. The summed E-state index contributed by atoms with van der Waals surface area (Å²) in [5.41, 5.74) is 0.883. The van der Waals surface area contributed by atoms with Gasteiger partial charge in [-0.2, -0.15) is 4.31 Å². The fourth-order valence-electron chi connectivity index (χ4n) is 4.08. The third-order valence-electron chi connectivity index (χ3n) is 5.77. The Morgan fingerprint density at radius 1 is 1.07 bits per heavy atom. The molecule has 1 N–H and O–H groups in total. The molecule has 2 saturated heterocycles.